The first-order chi connectivity index (χ1) is 8.42. The number of hydrogen-bond donors (Lipinski definition) is 1. The van der Waals surface area contributed by atoms with E-state index in [1.165, 1.54) is 17.6 Å². The van der Waals surface area contributed by atoms with Crippen molar-refractivity contribution in [1.82, 2.24) is 4.98 Å². The van der Waals surface area contributed by atoms with Crippen LogP contribution in [0.15, 0.2) is 5.38 Å². The van der Waals surface area contributed by atoms with E-state index in [2.05, 4.69) is 4.98 Å². The van der Waals surface area contributed by atoms with Crippen LogP contribution in [0.1, 0.15) is 36.5 Å². The highest BCUT2D eigenvalue weighted by molar-refractivity contribution is 7.90. The summed E-state index contributed by atoms with van der Waals surface area (Å²) in [6, 6.07) is -0.323. The van der Waals surface area contributed by atoms with Crippen LogP contribution in [0.3, 0.4) is 0 Å². The molecule has 0 fully saturated rings. The predicted octanol–water partition coefficient (Wildman–Crippen LogP) is 1.50. The minimum absolute atomic E-state index is 0.0906. The Labute approximate surface area is 112 Å². The molecule has 0 bridgehead atoms. The standard InChI is InChI=1S/C11H20N2O3S2/c1-3-5-16-7-11-13-10(8-17-11)9(12)4-6-18(2,14)15/h8-9H,3-7,12H2,1-2H3. The van der Waals surface area contributed by atoms with Crippen LogP contribution < -0.4 is 5.73 Å². The molecule has 0 saturated heterocycles. The molecule has 0 saturated carbocycles. The van der Waals surface area contributed by atoms with Crippen LogP contribution >= 0.6 is 11.3 Å². The molecule has 1 rings (SSSR count). The smallest absolute Gasteiger partial charge is 0.147 e. The van der Waals surface area contributed by atoms with Crippen molar-refractivity contribution in [3.05, 3.63) is 16.1 Å². The van der Waals surface area contributed by atoms with E-state index in [4.69, 9.17) is 10.5 Å². The van der Waals surface area contributed by atoms with E-state index in [9.17, 15) is 8.42 Å². The van der Waals surface area contributed by atoms with Crippen LogP contribution in [-0.2, 0) is 21.2 Å². The normalized spacial score (nSPS) is 13.7. The van der Waals surface area contributed by atoms with Crippen molar-refractivity contribution >= 4 is 21.2 Å². The Bertz CT molecular complexity index is 457. The van der Waals surface area contributed by atoms with E-state index in [0.717, 1.165) is 23.7 Å². The van der Waals surface area contributed by atoms with Gasteiger partial charge in [0, 0.05) is 24.3 Å². The summed E-state index contributed by atoms with van der Waals surface area (Å²) in [7, 11) is -2.97. The van der Waals surface area contributed by atoms with Gasteiger partial charge in [-0.25, -0.2) is 13.4 Å². The second kappa shape index (κ2) is 7.18. The molecular weight excluding hydrogens is 272 g/mol. The largest absolute Gasteiger partial charge is 0.374 e. The zero-order chi connectivity index (χ0) is 13.6. The molecule has 1 aromatic heterocycles. The van der Waals surface area contributed by atoms with Crippen LogP contribution in [0.25, 0.3) is 0 Å². The molecule has 0 amide bonds. The van der Waals surface area contributed by atoms with E-state index < -0.39 is 9.84 Å². The summed E-state index contributed by atoms with van der Waals surface area (Å²) in [5, 5.41) is 2.76. The van der Waals surface area contributed by atoms with Crippen molar-refractivity contribution in [2.75, 3.05) is 18.6 Å². The van der Waals surface area contributed by atoms with Crippen LogP contribution in [0.2, 0.25) is 0 Å². The average molecular weight is 292 g/mol. The van der Waals surface area contributed by atoms with E-state index in [1.807, 2.05) is 12.3 Å². The SMILES string of the molecule is CCCOCc1nc(C(N)CCS(C)(=O)=O)cs1. The van der Waals surface area contributed by atoms with Gasteiger partial charge in [0.1, 0.15) is 14.8 Å². The molecule has 7 heteroatoms. The lowest BCUT2D eigenvalue weighted by atomic mass is 10.2. The molecule has 1 atom stereocenters. The van der Waals surface area contributed by atoms with Gasteiger partial charge in [-0.1, -0.05) is 6.92 Å². The summed E-state index contributed by atoms with van der Waals surface area (Å²) in [6.07, 6.45) is 2.59. The first-order valence-corrected chi connectivity index (χ1v) is 8.81. The maximum Gasteiger partial charge on any atom is 0.147 e. The Kier molecular flexibility index (Phi) is 6.20. The number of hydrogen-bond acceptors (Lipinski definition) is 6. The highest BCUT2D eigenvalue weighted by atomic mass is 32.2. The molecular formula is C11H20N2O3S2. The maximum atomic E-state index is 11.1. The summed E-state index contributed by atoms with van der Waals surface area (Å²) in [6.45, 7) is 3.26. The van der Waals surface area contributed by atoms with E-state index in [-0.39, 0.29) is 11.8 Å². The maximum absolute atomic E-state index is 11.1. The molecule has 2 N–H and O–H groups in total. The van der Waals surface area contributed by atoms with Gasteiger partial charge in [0.05, 0.1) is 18.1 Å². The summed E-state index contributed by atoms with van der Waals surface area (Å²) in [5.74, 6) is 0.0906. The molecule has 104 valence electrons. The number of nitrogens with two attached hydrogens (primary N) is 1. The first-order valence-electron chi connectivity index (χ1n) is 5.87. The Hall–Kier alpha value is -0.500. The van der Waals surface area contributed by atoms with Gasteiger partial charge < -0.3 is 10.5 Å². The molecule has 5 nitrogen and oxygen atoms in total. The molecule has 0 aliphatic rings. The lowest BCUT2D eigenvalue weighted by Crippen LogP contribution is -2.16. The van der Waals surface area contributed by atoms with Gasteiger partial charge in [-0.2, -0.15) is 0 Å². The Morgan fingerprint density at radius 2 is 2.28 bits per heavy atom. The topological polar surface area (TPSA) is 82.3 Å². The number of aromatic nitrogens is 1. The lowest BCUT2D eigenvalue weighted by Gasteiger charge is -2.07. The number of ether oxygens (including phenoxy) is 1. The Balaban J connectivity index is 2.46. The highest BCUT2D eigenvalue weighted by Gasteiger charge is 2.13. The lowest BCUT2D eigenvalue weighted by molar-refractivity contribution is 0.121. The molecule has 1 unspecified atom stereocenters. The van der Waals surface area contributed by atoms with Crippen molar-refractivity contribution < 1.29 is 13.2 Å². The van der Waals surface area contributed by atoms with Crippen molar-refractivity contribution in [3.63, 3.8) is 0 Å². The quantitative estimate of drug-likeness (QED) is 0.734. The average Bonchev–Trinajstić information content (AvgIpc) is 2.74. The minimum atomic E-state index is -2.97. The monoisotopic (exact) mass is 292 g/mol. The Morgan fingerprint density at radius 3 is 2.89 bits per heavy atom. The third-order valence-electron chi connectivity index (χ3n) is 2.32. The molecule has 18 heavy (non-hydrogen) atoms. The van der Waals surface area contributed by atoms with Gasteiger partial charge in [-0.05, 0) is 12.8 Å². The third-order valence-corrected chi connectivity index (χ3v) is 4.14. The molecule has 0 aliphatic heterocycles. The number of nitrogens with zero attached hydrogens (tertiary/aromatic N) is 1. The molecule has 0 aromatic carbocycles. The highest BCUT2D eigenvalue weighted by Crippen LogP contribution is 2.18. The van der Waals surface area contributed by atoms with E-state index in [1.54, 1.807) is 0 Å². The van der Waals surface area contributed by atoms with E-state index >= 15 is 0 Å². The van der Waals surface area contributed by atoms with Crippen LogP contribution in [0.5, 0.6) is 0 Å². The fraction of sp³-hybridized carbons (Fsp3) is 0.727. The molecule has 0 radical (unpaired) electrons. The zero-order valence-electron chi connectivity index (χ0n) is 10.8. The number of thiazole rings is 1. The van der Waals surface area contributed by atoms with Gasteiger partial charge >= 0.3 is 0 Å². The molecule has 1 aromatic rings. The number of rotatable bonds is 8. The number of sulfone groups is 1. The van der Waals surface area contributed by atoms with Gasteiger partial charge in [-0.3, -0.25) is 0 Å². The van der Waals surface area contributed by atoms with E-state index in [0.29, 0.717) is 13.0 Å². The summed E-state index contributed by atoms with van der Waals surface area (Å²) >= 11 is 1.50. The molecule has 1 heterocycles. The van der Waals surface area contributed by atoms with Gasteiger partial charge in [0.15, 0.2) is 0 Å². The summed E-state index contributed by atoms with van der Waals surface area (Å²) < 4.78 is 27.5. The van der Waals surface area contributed by atoms with Crippen molar-refractivity contribution in [3.8, 4) is 0 Å². The van der Waals surface area contributed by atoms with Crippen molar-refractivity contribution in [1.29, 1.82) is 0 Å². The van der Waals surface area contributed by atoms with Crippen molar-refractivity contribution in [2.24, 2.45) is 5.73 Å². The molecule has 0 spiro atoms. The fourth-order valence-corrected chi connectivity index (χ4v) is 2.83. The van der Waals surface area contributed by atoms with Crippen LogP contribution in [0, 0.1) is 0 Å². The zero-order valence-corrected chi connectivity index (χ0v) is 12.4. The first kappa shape index (κ1) is 15.6. The van der Waals surface area contributed by atoms with Gasteiger partial charge in [-0.15, -0.1) is 11.3 Å². The summed E-state index contributed by atoms with van der Waals surface area (Å²) in [5.41, 5.74) is 6.66. The molecule has 0 aliphatic carbocycles. The van der Waals surface area contributed by atoms with Crippen LogP contribution in [-0.4, -0.2) is 32.0 Å². The predicted molar refractivity (Wildman–Crippen MR) is 73.3 cm³/mol. The minimum Gasteiger partial charge on any atom is -0.374 e. The fourth-order valence-electron chi connectivity index (χ4n) is 1.35. The summed E-state index contributed by atoms with van der Waals surface area (Å²) in [4.78, 5) is 4.36. The Morgan fingerprint density at radius 1 is 1.56 bits per heavy atom. The van der Waals surface area contributed by atoms with Gasteiger partial charge in [0.25, 0.3) is 0 Å². The van der Waals surface area contributed by atoms with Crippen LogP contribution in [0.4, 0.5) is 0 Å². The van der Waals surface area contributed by atoms with Crippen molar-refractivity contribution in [2.45, 2.75) is 32.4 Å². The third kappa shape index (κ3) is 5.90. The second-order valence-corrected chi connectivity index (χ2v) is 7.45. The second-order valence-electron chi connectivity index (χ2n) is 4.24. The van der Waals surface area contributed by atoms with Gasteiger partial charge in [0.2, 0.25) is 0 Å².